The Labute approximate surface area is 165 Å². The lowest BCUT2D eigenvalue weighted by Gasteiger charge is -2.32. The van der Waals surface area contributed by atoms with E-state index in [2.05, 4.69) is 25.4 Å². The first kappa shape index (κ1) is 18.9. The summed E-state index contributed by atoms with van der Waals surface area (Å²) in [7, 11) is 1.67. The molecule has 1 amide bonds. The van der Waals surface area contributed by atoms with Gasteiger partial charge in [-0.15, -0.1) is 10.2 Å². The number of fused-ring (bicyclic) bond motifs is 1. The predicted octanol–water partition coefficient (Wildman–Crippen LogP) is 2.67. The number of nitrogens with zero attached hydrogens (tertiary/aromatic N) is 3. The van der Waals surface area contributed by atoms with Crippen molar-refractivity contribution in [3.8, 4) is 0 Å². The summed E-state index contributed by atoms with van der Waals surface area (Å²) >= 11 is 0. The van der Waals surface area contributed by atoms with Crippen molar-refractivity contribution in [3.63, 3.8) is 0 Å². The third-order valence-electron chi connectivity index (χ3n) is 5.98. The van der Waals surface area contributed by atoms with Gasteiger partial charge in [0.1, 0.15) is 18.0 Å². The monoisotopic (exact) mass is 383 g/mol. The number of ether oxygens (including phenoxy) is 1. The molecule has 0 saturated heterocycles. The van der Waals surface area contributed by atoms with Crippen LogP contribution in [0.15, 0.2) is 30.3 Å². The molecule has 1 unspecified atom stereocenters. The van der Waals surface area contributed by atoms with Crippen molar-refractivity contribution in [1.29, 1.82) is 0 Å². The molecule has 0 radical (unpaired) electrons. The van der Waals surface area contributed by atoms with Gasteiger partial charge in [-0.3, -0.25) is 4.79 Å². The molecule has 150 valence electrons. The number of aryl methyl sites for hydroxylation is 1. The minimum Gasteiger partial charge on any atom is -0.377 e. The van der Waals surface area contributed by atoms with E-state index in [4.69, 9.17) is 4.74 Å². The highest BCUT2D eigenvalue weighted by Crippen LogP contribution is 2.34. The fourth-order valence-electron chi connectivity index (χ4n) is 4.44. The number of para-hydroxylation sites is 1. The average Bonchev–Trinajstić information content (AvgIpc) is 3.28. The van der Waals surface area contributed by atoms with E-state index in [0.29, 0.717) is 6.61 Å². The summed E-state index contributed by atoms with van der Waals surface area (Å²) in [5.41, 5.74) is 0.514. The number of carbonyl (C=O) groups is 1. The first-order valence-corrected chi connectivity index (χ1v) is 10.2. The van der Waals surface area contributed by atoms with Crippen molar-refractivity contribution in [1.82, 2.24) is 20.1 Å². The normalized spacial score (nSPS) is 21.0. The van der Waals surface area contributed by atoms with Gasteiger partial charge in [-0.05, 0) is 37.8 Å². The molecule has 2 heterocycles. The van der Waals surface area contributed by atoms with Crippen LogP contribution in [0.25, 0.3) is 0 Å². The minimum absolute atomic E-state index is 0.133. The Balaban J connectivity index is 1.42. The van der Waals surface area contributed by atoms with Crippen LogP contribution in [0.5, 0.6) is 0 Å². The Bertz CT molecular complexity index is 798. The van der Waals surface area contributed by atoms with Crippen LogP contribution in [-0.4, -0.2) is 39.4 Å². The maximum Gasteiger partial charge on any atom is 0.245 e. The molecule has 2 aliphatic rings. The molecule has 1 aliphatic heterocycles. The Morgan fingerprint density at radius 3 is 2.75 bits per heavy atom. The van der Waals surface area contributed by atoms with Crippen LogP contribution in [0.3, 0.4) is 0 Å². The quantitative estimate of drug-likeness (QED) is 0.802. The Morgan fingerprint density at radius 1 is 1.21 bits per heavy atom. The van der Waals surface area contributed by atoms with Gasteiger partial charge < -0.3 is 19.9 Å². The molecule has 7 heteroatoms. The third kappa shape index (κ3) is 3.90. The highest BCUT2D eigenvalue weighted by Gasteiger charge is 2.41. The molecular formula is C21H29N5O2. The van der Waals surface area contributed by atoms with E-state index in [9.17, 15) is 4.79 Å². The van der Waals surface area contributed by atoms with Crippen molar-refractivity contribution >= 4 is 11.6 Å². The van der Waals surface area contributed by atoms with Crippen molar-refractivity contribution < 1.29 is 9.53 Å². The second-order valence-electron chi connectivity index (χ2n) is 7.90. The Kier molecular flexibility index (Phi) is 5.62. The van der Waals surface area contributed by atoms with Gasteiger partial charge in [0.25, 0.3) is 0 Å². The first-order chi connectivity index (χ1) is 13.7. The van der Waals surface area contributed by atoms with Crippen LogP contribution in [-0.2, 0) is 29.1 Å². The largest absolute Gasteiger partial charge is 0.377 e. The first-order valence-electron chi connectivity index (χ1n) is 10.2. The van der Waals surface area contributed by atoms with E-state index >= 15 is 0 Å². The van der Waals surface area contributed by atoms with Crippen molar-refractivity contribution in [2.45, 2.75) is 69.7 Å². The van der Waals surface area contributed by atoms with Crippen molar-refractivity contribution in [2.75, 3.05) is 12.4 Å². The maximum atomic E-state index is 13.3. The average molecular weight is 383 g/mol. The molecule has 2 N–H and O–H groups in total. The van der Waals surface area contributed by atoms with Crippen molar-refractivity contribution in [2.24, 2.45) is 0 Å². The van der Waals surface area contributed by atoms with Gasteiger partial charge >= 0.3 is 0 Å². The van der Waals surface area contributed by atoms with Crippen LogP contribution in [0.1, 0.15) is 50.2 Å². The number of amides is 1. The standard InChI is InChI=1S/C21H29N5O2/c1-28-15-19-25-24-18-10-9-16(11-14-26(18)19)22-20(27)21(12-5-6-13-21)23-17-7-3-2-4-8-17/h2-4,7-8,16,23H,5-6,9-15H2,1H3,(H,22,27). The molecule has 0 bridgehead atoms. The summed E-state index contributed by atoms with van der Waals surface area (Å²) in [6.45, 7) is 1.28. The van der Waals surface area contributed by atoms with E-state index in [0.717, 1.165) is 68.8 Å². The van der Waals surface area contributed by atoms with Crippen LogP contribution in [0, 0.1) is 0 Å². The Morgan fingerprint density at radius 2 is 2.00 bits per heavy atom. The zero-order chi connectivity index (χ0) is 19.4. The topological polar surface area (TPSA) is 81.1 Å². The zero-order valence-corrected chi connectivity index (χ0v) is 16.5. The highest BCUT2D eigenvalue weighted by atomic mass is 16.5. The number of methoxy groups -OCH3 is 1. The molecule has 28 heavy (non-hydrogen) atoms. The van der Waals surface area contributed by atoms with E-state index in [1.54, 1.807) is 7.11 Å². The van der Waals surface area contributed by atoms with Gasteiger partial charge in [0.2, 0.25) is 5.91 Å². The summed E-state index contributed by atoms with van der Waals surface area (Å²) in [4.78, 5) is 13.3. The lowest BCUT2D eigenvalue weighted by molar-refractivity contribution is -0.126. The van der Waals surface area contributed by atoms with Gasteiger partial charge in [-0.1, -0.05) is 31.0 Å². The van der Waals surface area contributed by atoms with Crippen LogP contribution in [0.4, 0.5) is 5.69 Å². The summed E-state index contributed by atoms with van der Waals surface area (Å²) in [6, 6.07) is 10.2. The number of rotatable bonds is 6. The molecule has 4 rings (SSSR count). The van der Waals surface area contributed by atoms with Crippen LogP contribution >= 0.6 is 0 Å². The Hall–Kier alpha value is -2.41. The fraction of sp³-hybridized carbons (Fsp3) is 0.571. The molecule has 1 aromatic carbocycles. The molecule has 1 fully saturated rings. The van der Waals surface area contributed by atoms with E-state index in [1.807, 2.05) is 30.3 Å². The third-order valence-corrected chi connectivity index (χ3v) is 5.98. The minimum atomic E-state index is -0.496. The zero-order valence-electron chi connectivity index (χ0n) is 16.5. The smallest absolute Gasteiger partial charge is 0.245 e. The van der Waals surface area contributed by atoms with E-state index < -0.39 is 5.54 Å². The van der Waals surface area contributed by atoms with Gasteiger partial charge in [0.15, 0.2) is 5.82 Å². The van der Waals surface area contributed by atoms with E-state index in [1.165, 1.54) is 0 Å². The number of hydrogen-bond donors (Lipinski definition) is 2. The van der Waals surface area contributed by atoms with Gasteiger partial charge in [0.05, 0.1) is 0 Å². The maximum absolute atomic E-state index is 13.3. The van der Waals surface area contributed by atoms with Gasteiger partial charge in [-0.2, -0.15) is 0 Å². The van der Waals surface area contributed by atoms with Crippen LogP contribution < -0.4 is 10.6 Å². The second kappa shape index (κ2) is 8.31. The highest BCUT2D eigenvalue weighted by molar-refractivity contribution is 5.90. The number of hydrogen-bond acceptors (Lipinski definition) is 5. The van der Waals surface area contributed by atoms with Crippen molar-refractivity contribution in [3.05, 3.63) is 42.0 Å². The summed E-state index contributed by atoms with van der Waals surface area (Å²) in [5.74, 6) is 1.98. The number of carbonyl (C=O) groups excluding carboxylic acids is 1. The molecule has 2 aromatic rings. The molecular weight excluding hydrogens is 354 g/mol. The summed E-state index contributed by atoms with van der Waals surface area (Å²) < 4.78 is 7.36. The lowest BCUT2D eigenvalue weighted by Crippen LogP contribution is -2.53. The van der Waals surface area contributed by atoms with Crippen LogP contribution in [0.2, 0.25) is 0 Å². The molecule has 7 nitrogen and oxygen atoms in total. The number of aromatic nitrogens is 3. The molecule has 1 aliphatic carbocycles. The molecule has 1 atom stereocenters. The van der Waals surface area contributed by atoms with Gasteiger partial charge in [-0.25, -0.2) is 0 Å². The molecule has 1 aromatic heterocycles. The SMILES string of the molecule is COCc1nnc2n1CCC(NC(=O)C1(Nc3ccccc3)CCCC1)CC2. The summed E-state index contributed by atoms with van der Waals surface area (Å²) in [5, 5.41) is 15.4. The summed E-state index contributed by atoms with van der Waals surface area (Å²) in [6.07, 6.45) is 6.51. The lowest BCUT2D eigenvalue weighted by atomic mass is 9.94. The number of anilines is 1. The predicted molar refractivity (Wildman–Crippen MR) is 107 cm³/mol. The second-order valence-corrected chi connectivity index (χ2v) is 7.90. The molecule has 1 saturated carbocycles. The number of benzene rings is 1. The fourth-order valence-corrected chi connectivity index (χ4v) is 4.44. The van der Waals surface area contributed by atoms with E-state index in [-0.39, 0.29) is 11.9 Å². The number of nitrogens with one attached hydrogen (secondary N) is 2. The van der Waals surface area contributed by atoms with Gasteiger partial charge in [0, 0.05) is 31.8 Å². The molecule has 0 spiro atoms.